The Morgan fingerprint density at radius 1 is 1.19 bits per heavy atom. The van der Waals surface area contributed by atoms with E-state index in [-0.39, 0.29) is 5.54 Å². The first-order chi connectivity index (χ1) is 7.23. The summed E-state index contributed by atoms with van der Waals surface area (Å²) < 4.78 is 23.1. The largest absolute Gasteiger partial charge is 0.307 e. The maximum Gasteiger partial charge on any atom is 0.152 e. The Labute approximate surface area is 98.9 Å². The second-order valence-electron chi connectivity index (χ2n) is 6.48. The van der Waals surface area contributed by atoms with E-state index >= 15 is 0 Å². The molecule has 2 fully saturated rings. The third kappa shape index (κ3) is 2.43. The quantitative estimate of drug-likeness (QED) is 0.806. The molecule has 2 atom stereocenters. The number of nitrogens with one attached hydrogen (secondary N) is 1. The summed E-state index contributed by atoms with van der Waals surface area (Å²) in [6, 6.07) is 0.478. The van der Waals surface area contributed by atoms with Crippen molar-refractivity contribution >= 4 is 9.84 Å². The molecule has 16 heavy (non-hydrogen) atoms. The predicted octanol–water partition coefficient (Wildman–Crippen LogP) is 1.73. The van der Waals surface area contributed by atoms with Crippen LogP contribution < -0.4 is 5.32 Å². The molecule has 0 bridgehead atoms. The highest BCUT2D eigenvalue weighted by molar-refractivity contribution is 7.91. The van der Waals surface area contributed by atoms with Gasteiger partial charge in [0.2, 0.25) is 0 Å². The van der Waals surface area contributed by atoms with E-state index in [4.69, 9.17) is 0 Å². The van der Waals surface area contributed by atoms with Gasteiger partial charge in [0.05, 0.1) is 11.5 Å². The molecule has 0 spiro atoms. The van der Waals surface area contributed by atoms with Crippen molar-refractivity contribution in [1.29, 1.82) is 0 Å². The summed E-state index contributed by atoms with van der Waals surface area (Å²) in [7, 11) is -2.80. The van der Waals surface area contributed by atoms with Crippen molar-refractivity contribution < 1.29 is 8.42 Å². The Bertz CT molecular complexity index is 374. The molecule has 0 radical (unpaired) electrons. The van der Waals surface area contributed by atoms with Crippen LogP contribution in [-0.2, 0) is 9.84 Å². The Hall–Kier alpha value is -0.0900. The van der Waals surface area contributed by atoms with Crippen LogP contribution in [0.5, 0.6) is 0 Å². The minimum absolute atomic E-state index is 0.189. The van der Waals surface area contributed by atoms with Gasteiger partial charge in [0, 0.05) is 11.6 Å². The van der Waals surface area contributed by atoms with Crippen LogP contribution >= 0.6 is 0 Å². The van der Waals surface area contributed by atoms with E-state index in [1.807, 2.05) is 0 Å². The van der Waals surface area contributed by atoms with E-state index in [2.05, 4.69) is 26.1 Å². The van der Waals surface area contributed by atoms with E-state index in [0.717, 1.165) is 6.42 Å². The summed E-state index contributed by atoms with van der Waals surface area (Å²) in [5.74, 6) is 0.663. The minimum atomic E-state index is -2.80. The molecule has 4 heteroatoms. The van der Waals surface area contributed by atoms with Crippen LogP contribution in [0.1, 0.15) is 46.5 Å². The van der Waals surface area contributed by atoms with Crippen LogP contribution in [0.4, 0.5) is 0 Å². The average molecular weight is 245 g/mol. The van der Waals surface area contributed by atoms with Crippen LogP contribution in [0.15, 0.2) is 0 Å². The average Bonchev–Trinajstić information content (AvgIpc) is 2.55. The summed E-state index contributed by atoms with van der Waals surface area (Å²) in [6.45, 7) is 6.63. The summed E-state index contributed by atoms with van der Waals surface area (Å²) in [5.41, 5.74) is 0.125. The fourth-order valence-electron chi connectivity index (χ4n) is 3.14. The Morgan fingerprint density at radius 3 is 2.31 bits per heavy atom. The molecule has 2 unspecified atom stereocenters. The number of hydrogen-bond acceptors (Lipinski definition) is 3. The maximum absolute atomic E-state index is 11.5. The van der Waals surface area contributed by atoms with Gasteiger partial charge in [-0.3, -0.25) is 0 Å². The Kier molecular flexibility index (Phi) is 2.86. The van der Waals surface area contributed by atoms with Crippen molar-refractivity contribution in [1.82, 2.24) is 5.32 Å². The summed E-state index contributed by atoms with van der Waals surface area (Å²) in [5, 5.41) is 3.62. The second-order valence-corrected chi connectivity index (χ2v) is 8.66. The lowest BCUT2D eigenvalue weighted by atomic mass is 9.85. The van der Waals surface area contributed by atoms with Gasteiger partial charge in [-0.15, -0.1) is 0 Å². The highest BCUT2D eigenvalue weighted by Crippen LogP contribution is 2.39. The zero-order valence-electron chi connectivity index (χ0n) is 10.5. The third-order valence-electron chi connectivity index (χ3n) is 4.28. The lowest BCUT2D eigenvalue weighted by molar-refractivity contribution is 0.227. The third-order valence-corrected chi connectivity index (χ3v) is 6.19. The highest BCUT2D eigenvalue weighted by Gasteiger charge is 2.43. The second kappa shape index (κ2) is 3.70. The molecule has 2 rings (SSSR count). The molecular weight excluding hydrogens is 222 g/mol. The molecule has 3 nitrogen and oxygen atoms in total. The number of rotatable bonds is 2. The molecule has 1 heterocycles. The SMILES string of the molecule is CC1(NC2CCCC2(C)C)CCS(=O)(=O)C1. The minimum Gasteiger partial charge on any atom is -0.307 e. The topological polar surface area (TPSA) is 46.2 Å². The van der Waals surface area contributed by atoms with Crippen LogP contribution in [0.3, 0.4) is 0 Å². The van der Waals surface area contributed by atoms with Gasteiger partial charge in [-0.2, -0.15) is 0 Å². The molecule has 2 aliphatic rings. The van der Waals surface area contributed by atoms with Gasteiger partial charge in [0.25, 0.3) is 0 Å². The van der Waals surface area contributed by atoms with Crippen molar-refractivity contribution in [2.24, 2.45) is 5.41 Å². The lowest BCUT2D eigenvalue weighted by Gasteiger charge is -2.35. The van der Waals surface area contributed by atoms with Crippen molar-refractivity contribution in [2.75, 3.05) is 11.5 Å². The zero-order chi connectivity index (χ0) is 12.0. The molecule has 1 saturated heterocycles. The Morgan fingerprint density at radius 2 is 1.88 bits per heavy atom. The fourth-order valence-corrected chi connectivity index (χ4v) is 5.24. The van der Waals surface area contributed by atoms with E-state index in [9.17, 15) is 8.42 Å². The molecule has 94 valence electrons. The Balaban J connectivity index is 2.05. The van der Waals surface area contributed by atoms with Gasteiger partial charge in [0.1, 0.15) is 0 Å². The van der Waals surface area contributed by atoms with E-state index in [1.54, 1.807) is 0 Å². The first-order valence-corrected chi connectivity index (χ1v) is 8.03. The zero-order valence-corrected chi connectivity index (χ0v) is 11.4. The van der Waals surface area contributed by atoms with Crippen molar-refractivity contribution in [2.45, 2.75) is 58.0 Å². The van der Waals surface area contributed by atoms with Gasteiger partial charge >= 0.3 is 0 Å². The number of sulfone groups is 1. The predicted molar refractivity (Wildman–Crippen MR) is 66.2 cm³/mol. The molecule has 0 aromatic heterocycles. The molecule has 1 aliphatic carbocycles. The summed E-state index contributed by atoms with van der Waals surface area (Å²) in [6.07, 6.45) is 4.45. The van der Waals surface area contributed by atoms with Crippen LogP contribution in [0, 0.1) is 5.41 Å². The van der Waals surface area contributed by atoms with Crippen LogP contribution in [0.25, 0.3) is 0 Å². The summed E-state index contributed by atoms with van der Waals surface area (Å²) >= 11 is 0. The van der Waals surface area contributed by atoms with E-state index in [1.165, 1.54) is 19.3 Å². The highest BCUT2D eigenvalue weighted by atomic mass is 32.2. The molecule has 0 aromatic rings. The van der Waals surface area contributed by atoms with Gasteiger partial charge < -0.3 is 5.32 Å². The fraction of sp³-hybridized carbons (Fsp3) is 1.00. The van der Waals surface area contributed by atoms with Crippen LogP contribution in [0.2, 0.25) is 0 Å². The van der Waals surface area contributed by atoms with Gasteiger partial charge in [-0.1, -0.05) is 20.3 Å². The number of hydrogen-bond donors (Lipinski definition) is 1. The molecule has 1 N–H and O–H groups in total. The molecule has 1 saturated carbocycles. The molecule has 0 amide bonds. The van der Waals surface area contributed by atoms with E-state index < -0.39 is 9.84 Å². The maximum atomic E-state index is 11.5. The molecule has 1 aliphatic heterocycles. The lowest BCUT2D eigenvalue weighted by Crippen LogP contribution is -2.52. The smallest absolute Gasteiger partial charge is 0.152 e. The first kappa shape index (κ1) is 12.4. The summed E-state index contributed by atoms with van der Waals surface area (Å²) in [4.78, 5) is 0. The van der Waals surface area contributed by atoms with E-state index in [0.29, 0.717) is 23.0 Å². The van der Waals surface area contributed by atoms with Crippen molar-refractivity contribution in [3.63, 3.8) is 0 Å². The molecule has 0 aromatic carbocycles. The normalized spacial score (nSPS) is 41.3. The first-order valence-electron chi connectivity index (χ1n) is 6.21. The van der Waals surface area contributed by atoms with Gasteiger partial charge in [0.15, 0.2) is 9.84 Å². The monoisotopic (exact) mass is 245 g/mol. The molecular formula is C12H23NO2S. The standard InChI is InChI=1S/C12H23NO2S/c1-11(2)6-4-5-10(11)13-12(3)7-8-16(14,15)9-12/h10,13H,4-9H2,1-3H3. The van der Waals surface area contributed by atoms with Crippen LogP contribution in [-0.4, -0.2) is 31.5 Å². The van der Waals surface area contributed by atoms with Crippen molar-refractivity contribution in [3.05, 3.63) is 0 Å². The van der Waals surface area contributed by atoms with Crippen molar-refractivity contribution in [3.8, 4) is 0 Å². The van der Waals surface area contributed by atoms with Gasteiger partial charge in [-0.05, 0) is 31.6 Å². The van der Waals surface area contributed by atoms with Gasteiger partial charge in [-0.25, -0.2) is 8.42 Å².